The van der Waals surface area contributed by atoms with Gasteiger partial charge in [-0.2, -0.15) is 0 Å². The van der Waals surface area contributed by atoms with E-state index < -0.39 is 0 Å². The van der Waals surface area contributed by atoms with Gasteiger partial charge in [0.1, 0.15) is 17.0 Å². The van der Waals surface area contributed by atoms with Gasteiger partial charge in [-0.15, -0.1) is 0 Å². The Labute approximate surface area is 115 Å². The van der Waals surface area contributed by atoms with Gasteiger partial charge in [-0.1, -0.05) is 18.2 Å². The minimum Gasteiger partial charge on any atom is -0.453 e. The molecule has 0 spiro atoms. The number of aromatic nitrogens is 2. The van der Waals surface area contributed by atoms with Crippen molar-refractivity contribution in [2.75, 3.05) is 0 Å². The van der Waals surface area contributed by atoms with Crippen molar-refractivity contribution in [3.05, 3.63) is 60.6 Å². The molecule has 0 bridgehead atoms. The van der Waals surface area contributed by atoms with Crippen molar-refractivity contribution in [3.8, 4) is 11.5 Å². The molecule has 0 radical (unpaired) electrons. The highest BCUT2D eigenvalue weighted by molar-refractivity contribution is 5.95. The number of ether oxygens (including phenoxy) is 1. The third kappa shape index (κ3) is 2.16. The SMILES string of the molecule is N=C(N)c1ncccc1Oc1cccc2cccnc12. The Hall–Kier alpha value is -2.95. The molecule has 3 rings (SSSR count). The van der Waals surface area contributed by atoms with Crippen LogP contribution < -0.4 is 10.5 Å². The van der Waals surface area contributed by atoms with Crippen molar-refractivity contribution < 1.29 is 4.74 Å². The zero-order chi connectivity index (χ0) is 13.9. The molecule has 0 aliphatic heterocycles. The van der Waals surface area contributed by atoms with Crippen LogP contribution in [0.25, 0.3) is 10.9 Å². The number of hydrogen-bond donors (Lipinski definition) is 2. The lowest BCUT2D eigenvalue weighted by Crippen LogP contribution is -2.14. The first-order chi connectivity index (χ1) is 9.75. The van der Waals surface area contributed by atoms with Crippen LogP contribution in [0.1, 0.15) is 5.69 Å². The number of benzene rings is 1. The van der Waals surface area contributed by atoms with E-state index in [0.29, 0.717) is 17.2 Å². The van der Waals surface area contributed by atoms with E-state index in [0.717, 1.165) is 10.9 Å². The van der Waals surface area contributed by atoms with Crippen molar-refractivity contribution in [1.82, 2.24) is 9.97 Å². The van der Waals surface area contributed by atoms with Crippen LogP contribution in [-0.2, 0) is 0 Å². The van der Waals surface area contributed by atoms with Gasteiger partial charge in [-0.3, -0.25) is 10.4 Å². The fourth-order valence-electron chi connectivity index (χ4n) is 1.95. The molecule has 3 aromatic rings. The second-order valence-electron chi connectivity index (χ2n) is 4.20. The number of para-hydroxylation sites is 1. The van der Waals surface area contributed by atoms with Crippen LogP contribution in [-0.4, -0.2) is 15.8 Å². The van der Waals surface area contributed by atoms with Crippen molar-refractivity contribution in [2.45, 2.75) is 0 Å². The van der Waals surface area contributed by atoms with E-state index in [9.17, 15) is 0 Å². The van der Waals surface area contributed by atoms with Crippen LogP contribution in [0.3, 0.4) is 0 Å². The number of pyridine rings is 2. The Morgan fingerprint density at radius 1 is 0.950 bits per heavy atom. The second-order valence-corrected chi connectivity index (χ2v) is 4.20. The number of nitrogens with zero attached hydrogens (tertiary/aromatic N) is 2. The van der Waals surface area contributed by atoms with Crippen LogP contribution in [0.4, 0.5) is 0 Å². The molecule has 20 heavy (non-hydrogen) atoms. The van der Waals surface area contributed by atoms with Gasteiger partial charge >= 0.3 is 0 Å². The summed E-state index contributed by atoms with van der Waals surface area (Å²) < 4.78 is 5.84. The molecule has 2 heterocycles. The Balaban J connectivity index is 2.08. The average Bonchev–Trinajstić information content (AvgIpc) is 2.48. The van der Waals surface area contributed by atoms with Crippen LogP contribution in [0.5, 0.6) is 11.5 Å². The van der Waals surface area contributed by atoms with E-state index in [4.69, 9.17) is 15.9 Å². The highest BCUT2D eigenvalue weighted by Crippen LogP contribution is 2.29. The number of hydrogen-bond acceptors (Lipinski definition) is 4. The molecule has 0 amide bonds. The summed E-state index contributed by atoms with van der Waals surface area (Å²) >= 11 is 0. The van der Waals surface area contributed by atoms with E-state index >= 15 is 0 Å². The standard InChI is InChI=1S/C15H12N4O/c16-15(17)14-12(7-3-9-19-14)20-11-6-1-4-10-5-2-8-18-13(10)11/h1-9H,(H3,16,17). The minimum absolute atomic E-state index is 0.131. The third-order valence-corrected chi connectivity index (χ3v) is 2.84. The number of amidine groups is 1. The Morgan fingerprint density at radius 3 is 2.50 bits per heavy atom. The van der Waals surface area contributed by atoms with Crippen molar-refractivity contribution in [1.29, 1.82) is 5.41 Å². The van der Waals surface area contributed by atoms with Crippen LogP contribution in [0.2, 0.25) is 0 Å². The lowest BCUT2D eigenvalue weighted by molar-refractivity contribution is 0.483. The maximum Gasteiger partial charge on any atom is 0.156 e. The zero-order valence-electron chi connectivity index (χ0n) is 10.6. The number of rotatable bonds is 3. The summed E-state index contributed by atoms with van der Waals surface area (Å²) in [6, 6.07) is 13.0. The quantitative estimate of drug-likeness (QED) is 0.562. The number of nitrogen functional groups attached to an aromatic ring is 1. The molecule has 1 aromatic carbocycles. The normalized spacial score (nSPS) is 10.4. The fraction of sp³-hybridized carbons (Fsp3) is 0. The lowest BCUT2D eigenvalue weighted by Gasteiger charge is -2.10. The third-order valence-electron chi connectivity index (χ3n) is 2.84. The zero-order valence-corrected chi connectivity index (χ0v) is 10.6. The summed E-state index contributed by atoms with van der Waals surface area (Å²) in [6.45, 7) is 0. The monoisotopic (exact) mass is 264 g/mol. The van der Waals surface area contributed by atoms with Gasteiger partial charge in [-0.25, -0.2) is 4.98 Å². The van der Waals surface area contributed by atoms with E-state index in [-0.39, 0.29) is 5.84 Å². The molecule has 5 heteroatoms. The maximum absolute atomic E-state index is 7.52. The number of nitrogens with two attached hydrogens (primary N) is 1. The summed E-state index contributed by atoms with van der Waals surface area (Å²) in [5, 5.41) is 8.51. The first-order valence-corrected chi connectivity index (χ1v) is 6.07. The highest BCUT2D eigenvalue weighted by Gasteiger charge is 2.10. The van der Waals surface area contributed by atoms with Gasteiger partial charge in [-0.05, 0) is 24.3 Å². The Kier molecular flexibility index (Phi) is 3.01. The van der Waals surface area contributed by atoms with Crippen molar-refractivity contribution in [3.63, 3.8) is 0 Å². The van der Waals surface area contributed by atoms with Crippen molar-refractivity contribution in [2.24, 2.45) is 5.73 Å². The predicted octanol–water partition coefficient (Wildman–Crippen LogP) is 2.71. The topological polar surface area (TPSA) is 84.9 Å². The van der Waals surface area contributed by atoms with Gasteiger partial charge in [0.2, 0.25) is 0 Å². The van der Waals surface area contributed by atoms with E-state index in [2.05, 4.69) is 9.97 Å². The molecule has 0 fully saturated rings. The van der Waals surface area contributed by atoms with Gasteiger partial charge in [0.25, 0.3) is 0 Å². The Morgan fingerprint density at radius 2 is 1.65 bits per heavy atom. The van der Waals surface area contributed by atoms with Gasteiger partial charge in [0.05, 0.1) is 0 Å². The summed E-state index contributed by atoms with van der Waals surface area (Å²) in [7, 11) is 0. The lowest BCUT2D eigenvalue weighted by atomic mass is 10.2. The molecular formula is C15H12N4O. The molecule has 5 nitrogen and oxygen atoms in total. The van der Waals surface area contributed by atoms with E-state index in [1.54, 1.807) is 24.5 Å². The van der Waals surface area contributed by atoms with Gasteiger partial charge in [0.15, 0.2) is 11.5 Å². The number of nitrogens with one attached hydrogen (secondary N) is 1. The summed E-state index contributed by atoms with van der Waals surface area (Å²) in [4.78, 5) is 8.38. The Bertz CT molecular complexity index is 780. The highest BCUT2D eigenvalue weighted by atomic mass is 16.5. The average molecular weight is 264 g/mol. The molecule has 0 atom stereocenters. The summed E-state index contributed by atoms with van der Waals surface area (Å²) in [5.74, 6) is 0.922. The molecule has 0 saturated heterocycles. The largest absolute Gasteiger partial charge is 0.453 e. The summed E-state index contributed by atoms with van der Waals surface area (Å²) in [6.07, 6.45) is 3.29. The smallest absolute Gasteiger partial charge is 0.156 e. The number of fused-ring (bicyclic) bond motifs is 1. The minimum atomic E-state index is -0.131. The van der Waals surface area contributed by atoms with E-state index in [1.807, 2.05) is 30.3 Å². The van der Waals surface area contributed by atoms with Crippen molar-refractivity contribution >= 4 is 16.7 Å². The molecule has 3 N–H and O–H groups in total. The molecule has 2 aromatic heterocycles. The molecule has 98 valence electrons. The van der Waals surface area contributed by atoms with E-state index in [1.165, 1.54) is 0 Å². The first kappa shape index (κ1) is 12.1. The first-order valence-electron chi connectivity index (χ1n) is 6.07. The maximum atomic E-state index is 7.52. The second kappa shape index (κ2) is 4.97. The van der Waals surface area contributed by atoms with Crippen LogP contribution in [0, 0.1) is 5.41 Å². The van der Waals surface area contributed by atoms with Crippen LogP contribution in [0.15, 0.2) is 54.9 Å². The summed E-state index contributed by atoms with van der Waals surface area (Å²) in [5.41, 5.74) is 6.58. The molecule has 0 saturated carbocycles. The van der Waals surface area contributed by atoms with Gasteiger partial charge in [0, 0.05) is 17.8 Å². The molecular weight excluding hydrogens is 252 g/mol. The predicted molar refractivity (Wildman–Crippen MR) is 77.1 cm³/mol. The van der Waals surface area contributed by atoms with Gasteiger partial charge < -0.3 is 10.5 Å². The van der Waals surface area contributed by atoms with Crippen LogP contribution >= 0.6 is 0 Å². The molecule has 0 aliphatic carbocycles. The fourth-order valence-corrected chi connectivity index (χ4v) is 1.95. The molecule has 0 aliphatic rings. The molecule has 0 unspecified atom stereocenters.